The van der Waals surface area contributed by atoms with Gasteiger partial charge in [0.05, 0.1) is 6.54 Å². The number of hydrazone groups is 1. The van der Waals surface area contributed by atoms with Gasteiger partial charge in [-0.2, -0.15) is 18.3 Å². The van der Waals surface area contributed by atoms with E-state index in [0.29, 0.717) is 11.6 Å². The number of nitrogens with one attached hydrogen (secondary N) is 1. The number of carbonyl (C=O) groups is 1. The Hall–Kier alpha value is -2.98. The molecule has 3 rings (SSSR count). The van der Waals surface area contributed by atoms with Crippen LogP contribution in [0.1, 0.15) is 19.4 Å². The zero-order valence-corrected chi connectivity index (χ0v) is 16.7. The third-order valence-corrected chi connectivity index (χ3v) is 5.22. The maximum Gasteiger partial charge on any atom is 0.431 e. The number of amides is 1. The molecule has 1 aromatic carbocycles. The number of hydrogen-bond acceptors (Lipinski definition) is 4. The lowest BCUT2D eigenvalue weighted by atomic mass is 10.0. The van der Waals surface area contributed by atoms with E-state index in [1.807, 2.05) is 0 Å². The fraction of sp³-hybridized carbons (Fsp3) is 0.400. The van der Waals surface area contributed by atoms with Crippen molar-refractivity contribution >= 4 is 11.7 Å². The monoisotopic (exact) mass is 446 g/mol. The van der Waals surface area contributed by atoms with Crippen LogP contribution in [-0.4, -0.2) is 53.0 Å². The number of hydrogen-bond donors (Lipinski definition) is 1. The predicted molar refractivity (Wildman–Crippen MR) is 101 cm³/mol. The van der Waals surface area contributed by atoms with Crippen molar-refractivity contribution < 1.29 is 31.1 Å². The van der Waals surface area contributed by atoms with E-state index in [-0.39, 0.29) is 37.5 Å². The zero-order valence-electron chi connectivity index (χ0n) is 16.7. The van der Waals surface area contributed by atoms with Crippen molar-refractivity contribution in [1.82, 2.24) is 15.2 Å². The summed E-state index contributed by atoms with van der Waals surface area (Å²) in [6.45, 7) is 2.59. The zero-order chi connectivity index (χ0) is 23.0. The van der Waals surface area contributed by atoms with Crippen molar-refractivity contribution in [3.8, 4) is 0 Å². The molecule has 2 aliphatic rings. The van der Waals surface area contributed by atoms with Crippen molar-refractivity contribution in [2.24, 2.45) is 5.10 Å². The second-order valence-electron chi connectivity index (χ2n) is 7.53. The van der Waals surface area contributed by atoms with E-state index in [1.165, 1.54) is 23.1 Å². The molecule has 1 amide bonds. The highest BCUT2D eigenvalue weighted by molar-refractivity contribution is 5.94. The maximum atomic E-state index is 13.7. The molecule has 1 fully saturated rings. The van der Waals surface area contributed by atoms with Gasteiger partial charge in [-0.3, -0.25) is 10.2 Å². The molecule has 1 unspecified atom stereocenters. The maximum absolute atomic E-state index is 13.7. The Morgan fingerprint density at radius 1 is 1.19 bits per heavy atom. The second kappa shape index (κ2) is 8.27. The molecule has 0 aliphatic carbocycles. The summed E-state index contributed by atoms with van der Waals surface area (Å²) in [5.41, 5.74) is 0.369. The summed E-state index contributed by atoms with van der Waals surface area (Å²) in [7, 11) is 0. The normalized spacial score (nSPS) is 21.9. The van der Waals surface area contributed by atoms with E-state index >= 15 is 0 Å². The van der Waals surface area contributed by atoms with Gasteiger partial charge >= 0.3 is 6.18 Å². The Bertz CT molecular complexity index is 971. The number of amidine groups is 1. The van der Waals surface area contributed by atoms with Gasteiger partial charge in [0.1, 0.15) is 11.7 Å². The van der Waals surface area contributed by atoms with Crippen molar-refractivity contribution in [3.05, 3.63) is 58.9 Å². The van der Waals surface area contributed by atoms with Gasteiger partial charge in [-0.15, -0.1) is 0 Å². The highest BCUT2D eigenvalue weighted by Crippen LogP contribution is 2.36. The van der Waals surface area contributed by atoms with E-state index in [4.69, 9.17) is 0 Å². The van der Waals surface area contributed by atoms with Crippen LogP contribution in [0.25, 0.3) is 0 Å². The summed E-state index contributed by atoms with van der Waals surface area (Å²) >= 11 is 0. The molecule has 2 heterocycles. The first-order chi connectivity index (χ1) is 14.4. The summed E-state index contributed by atoms with van der Waals surface area (Å²) in [6, 6.07) is 1.25. The molecule has 2 aliphatic heterocycles. The van der Waals surface area contributed by atoms with Crippen molar-refractivity contribution in [1.29, 1.82) is 0 Å². The third kappa shape index (κ3) is 4.54. The van der Waals surface area contributed by atoms with E-state index in [2.05, 4.69) is 10.5 Å². The Balaban J connectivity index is 1.59. The smallest absolute Gasteiger partial charge is 0.330 e. The number of benzene rings is 1. The van der Waals surface area contributed by atoms with E-state index in [1.54, 1.807) is 6.92 Å². The molecule has 1 N–H and O–H groups in total. The van der Waals surface area contributed by atoms with Gasteiger partial charge in [0.15, 0.2) is 11.6 Å². The van der Waals surface area contributed by atoms with Gasteiger partial charge in [0, 0.05) is 25.2 Å². The number of rotatable bonds is 4. The lowest BCUT2D eigenvalue weighted by Gasteiger charge is -2.42. The van der Waals surface area contributed by atoms with Crippen LogP contribution in [0, 0.1) is 17.5 Å². The largest absolute Gasteiger partial charge is 0.431 e. The number of halogens is 6. The minimum Gasteiger partial charge on any atom is -0.330 e. The molecule has 11 heteroatoms. The fourth-order valence-corrected chi connectivity index (χ4v) is 3.36. The number of carbonyl (C=O) groups excluding carboxylic acids is 1. The van der Waals surface area contributed by atoms with Gasteiger partial charge in [-0.25, -0.2) is 13.2 Å². The first kappa shape index (κ1) is 22.7. The van der Waals surface area contributed by atoms with E-state index in [0.717, 1.165) is 17.9 Å². The van der Waals surface area contributed by atoms with Crippen LogP contribution in [-0.2, 0) is 11.2 Å². The lowest BCUT2D eigenvalue weighted by molar-refractivity contribution is -0.221. The minimum absolute atomic E-state index is 0.0126. The molecular formula is C20H20F6N4O. The Morgan fingerprint density at radius 3 is 2.55 bits per heavy atom. The molecule has 1 atom stereocenters. The molecule has 31 heavy (non-hydrogen) atoms. The topological polar surface area (TPSA) is 47.9 Å². The molecule has 1 saturated heterocycles. The lowest BCUT2D eigenvalue weighted by Crippen LogP contribution is -2.65. The van der Waals surface area contributed by atoms with Crippen LogP contribution in [0.4, 0.5) is 26.3 Å². The molecular weight excluding hydrogens is 426 g/mol. The van der Waals surface area contributed by atoms with Gasteiger partial charge in [0.2, 0.25) is 11.6 Å². The van der Waals surface area contributed by atoms with E-state index in [9.17, 15) is 31.1 Å². The molecule has 0 radical (unpaired) electrons. The summed E-state index contributed by atoms with van der Waals surface area (Å²) in [5, 5.41) is 3.74. The summed E-state index contributed by atoms with van der Waals surface area (Å²) in [4.78, 5) is 14.8. The Kier molecular flexibility index (Phi) is 6.06. The van der Waals surface area contributed by atoms with Crippen LogP contribution in [0.2, 0.25) is 0 Å². The first-order valence-corrected chi connectivity index (χ1v) is 9.36. The minimum atomic E-state index is -4.54. The Labute approximate surface area is 174 Å². The van der Waals surface area contributed by atoms with Crippen LogP contribution < -0.4 is 5.43 Å². The van der Waals surface area contributed by atoms with Crippen LogP contribution in [0.15, 0.2) is 41.0 Å². The average Bonchev–Trinajstić information content (AvgIpc) is 3.03. The molecule has 0 saturated carbocycles. The number of fused-ring (bicyclic) bond motifs is 1. The summed E-state index contributed by atoms with van der Waals surface area (Å²) < 4.78 is 79.9. The quantitative estimate of drug-likeness (QED) is 0.334. The third-order valence-electron chi connectivity index (χ3n) is 5.22. The molecule has 0 bridgehead atoms. The number of nitrogens with zero attached hydrogens (tertiary/aromatic N) is 3. The van der Waals surface area contributed by atoms with Crippen LogP contribution in [0.5, 0.6) is 0 Å². The number of alkyl halides is 3. The number of piperazine rings is 1. The highest BCUT2D eigenvalue weighted by Gasteiger charge is 2.59. The summed E-state index contributed by atoms with van der Waals surface area (Å²) in [6.07, 6.45) is -0.370. The molecule has 0 spiro atoms. The van der Waals surface area contributed by atoms with E-state index < -0.39 is 35.2 Å². The number of allylic oxidation sites excluding steroid dienone is 3. The second-order valence-corrected chi connectivity index (χ2v) is 7.53. The van der Waals surface area contributed by atoms with Crippen molar-refractivity contribution in [2.75, 3.05) is 19.6 Å². The standard InChI is InChI=1S/C20H20F6N4O/c1-12(8-13-9-15(22)16(23)10-14(13)21)4-3-5-18(31)29-6-7-30-17(11-29)27-28-19(30,2)20(24,25)26/h3-5,9-10,28H,6-8,11H2,1-2H3/b5-3+,12-4+. The molecule has 1 aromatic rings. The van der Waals surface area contributed by atoms with Gasteiger partial charge in [0.25, 0.3) is 0 Å². The van der Waals surface area contributed by atoms with Gasteiger partial charge in [-0.1, -0.05) is 17.7 Å². The van der Waals surface area contributed by atoms with Crippen molar-refractivity contribution in [3.63, 3.8) is 0 Å². The summed E-state index contributed by atoms with van der Waals surface area (Å²) in [5.74, 6) is -3.60. The van der Waals surface area contributed by atoms with Crippen molar-refractivity contribution in [2.45, 2.75) is 32.1 Å². The van der Waals surface area contributed by atoms with Crippen LogP contribution >= 0.6 is 0 Å². The fourth-order valence-electron chi connectivity index (χ4n) is 3.36. The predicted octanol–water partition coefficient (Wildman–Crippen LogP) is 3.49. The Morgan fingerprint density at radius 2 is 1.87 bits per heavy atom. The van der Waals surface area contributed by atoms with Crippen LogP contribution in [0.3, 0.4) is 0 Å². The average molecular weight is 446 g/mol. The van der Waals surface area contributed by atoms with Gasteiger partial charge < -0.3 is 9.80 Å². The van der Waals surface area contributed by atoms with Gasteiger partial charge in [-0.05, 0) is 31.9 Å². The highest BCUT2D eigenvalue weighted by atomic mass is 19.4. The molecule has 168 valence electrons. The molecule has 5 nitrogen and oxygen atoms in total. The first-order valence-electron chi connectivity index (χ1n) is 9.36. The molecule has 0 aromatic heterocycles. The SMILES string of the molecule is C/C(=C\C=C\C(=O)N1CCN2C(=NNC2(C)C(F)(F)F)C1)Cc1cc(F)c(F)cc1F.